The van der Waals surface area contributed by atoms with Crippen LogP contribution in [0.25, 0.3) is 22.5 Å². The molecule has 4 rings (SSSR count). The zero-order chi connectivity index (χ0) is 20.6. The van der Waals surface area contributed by atoms with Crippen LogP contribution in [0.5, 0.6) is 5.75 Å². The Hall–Kier alpha value is -3.38. The lowest BCUT2D eigenvalue weighted by Gasteiger charge is -2.35. The molecule has 0 saturated carbocycles. The molecule has 0 bridgehead atoms. The van der Waals surface area contributed by atoms with E-state index in [2.05, 4.69) is 0 Å². The SMILES string of the molecule is CCC1(CO)CC(=O)c2cc(-c3cc(-c4ccc(C(=O)O)cc4)co3)ccc2O1. The Morgan fingerprint density at radius 3 is 2.45 bits per heavy atom. The Labute approximate surface area is 167 Å². The van der Waals surface area contributed by atoms with Crippen LogP contribution in [0.4, 0.5) is 0 Å². The summed E-state index contributed by atoms with van der Waals surface area (Å²) in [5.41, 5.74) is 2.22. The zero-order valence-corrected chi connectivity index (χ0v) is 15.8. The number of carboxylic acid groups (broad SMARTS) is 1. The average molecular weight is 392 g/mol. The van der Waals surface area contributed by atoms with Crippen LogP contribution in [0.3, 0.4) is 0 Å². The summed E-state index contributed by atoms with van der Waals surface area (Å²) in [4.78, 5) is 23.6. The molecule has 1 aliphatic heterocycles. The van der Waals surface area contributed by atoms with Gasteiger partial charge in [-0.2, -0.15) is 0 Å². The highest BCUT2D eigenvalue weighted by molar-refractivity contribution is 6.01. The molecule has 1 unspecified atom stereocenters. The second-order valence-electron chi connectivity index (χ2n) is 7.19. The summed E-state index contributed by atoms with van der Waals surface area (Å²) in [6, 6.07) is 13.7. The second-order valence-corrected chi connectivity index (χ2v) is 7.19. The highest BCUT2D eigenvalue weighted by atomic mass is 16.5. The molecule has 2 aromatic carbocycles. The van der Waals surface area contributed by atoms with E-state index in [4.69, 9.17) is 14.3 Å². The fraction of sp³-hybridized carbons (Fsp3) is 0.217. The molecule has 6 nitrogen and oxygen atoms in total. The number of benzene rings is 2. The molecule has 0 aliphatic carbocycles. The first-order valence-corrected chi connectivity index (χ1v) is 9.34. The van der Waals surface area contributed by atoms with E-state index in [9.17, 15) is 14.7 Å². The van der Waals surface area contributed by atoms with Crippen LogP contribution < -0.4 is 4.74 Å². The van der Waals surface area contributed by atoms with Gasteiger partial charge in [-0.05, 0) is 48.4 Å². The van der Waals surface area contributed by atoms with Gasteiger partial charge < -0.3 is 19.4 Å². The third-order valence-corrected chi connectivity index (χ3v) is 5.37. The molecule has 1 aliphatic rings. The van der Waals surface area contributed by atoms with Crippen molar-refractivity contribution in [2.75, 3.05) is 6.61 Å². The molecule has 0 fully saturated rings. The number of ether oxygens (including phenoxy) is 1. The van der Waals surface area contributed by atoms with Gasteiger partial charge in [-0.15, -0.1) is 0 Å². The first-order valence-electron chi connectivity index (χ1n) is 9.34. The number of furan rings is 1. The van der Waals surface area contributed by atoms with E-state index >= 15 is 0 Å². The molecule has 2 N–H and O–H groups in total. The van der Waals surface area contributed by atoms with Gasteiger partial charge >= 0.3 is 5.97 Å². The van der Waals surface area contributed by atoms with Crippen molar-refractivity contribution in [2.45, 2.75) is 25.4 Å². The van der Waals surface area contributed by atoms with Crippen LogP contribution >= 0.6 is 0 Å². The Kier molecular flexibility index (Phi) is 4.72. The number of fused-ring (bicyclic) bond motifs is 1. The molecule has 2 heterocycles. The molecule has 0 spiro atoms. The molecule has 3 aromatic rings. The van der Waals surface area contributed by atoms with E-state index in [1.165, 1.54) is 0 Å². The standard InChI is InChI=1S/C23H20O6/c1-2-23(13-24)11-19(25)18-9-16(7-8-20(18)29-23)21-10-17(12-28-21)14-3-5-15(6-4-14)22(26)27/h3-10,12,24H,2,11,13H2,1H3,(H,26,27). The van der Waals surface area contributed by atoms with Crippen molar-refractivity contribution in [3.05, 3.63) is 65.9 Å². The first kappa shape index (κ1) is 19.0. The minimum atomic E-state index is -0.973. The van der Waals surface area contributed by atoms with Crippen LogP contribution in [-0.2, 0) is 0 Å². The Morgan fingerprint density at radius 2 is 1.79 bits per heavy atom. The number of aliphatic hydroxyl groups excluding tert-OH is 1. The molecule has 1 aromatic heterocycles. The van der Waals surface area contributed by atoms with E-state index in [1.807, 2.05) is 19.1 Å². The number of carbonyl (C=O) groups excluding carboxylic acids is 1. The normalized spacial score (nSPS) is 18.2. The summed E-state index contributed by atoms with van der Waals surface area (Å²) in [5, 5.41) is 18.7. The largest absolute Gasteiger partial charge is 0.484 e. The van der Waals surface area contributed by atoms with Gasteiger partial charge in [0.15, 0.2) is 5.78 Å². The summed E-state index contributed by atoms with van der Waals surface area (Å²) >= 11 is 0. The fourth-order valence-electron chi connectivity index (χ4n) is 3.49. The monoisotopic (exact) mass is 392 g/mol. The van der Waals surface area contributed by atoms with E-state index < -0.39 is 11.6 Å². The quantitative estimate of drug-likeness (QED) is 0.667. The van der Waals surface area contributed by atoms with Gasteiger partial charge in [0.05, 0.1) is 30.4 Å². The Bertz CT molecular complexity index is 1070. The van der Waals surface area contributed by atoms with Crippen LogP contribution in [0.1, 0.15) is 40.5 Å². The van der Waals surface area contributed by atoms with Crippen LogP contribution in [0, 0.1) is 0 Å². The van der Waals surface area contributed by atoms with Gasteiger partial charge in [0.2, 0.25) is 0 Å². The smallest absolute Gasteiger partial charge is 0.335 e. The first-order chi connectivity index (χ1) is 13.9. The number of aliphatic hydroxyl groups is 1. The molecule has 0 amide bonds. The van der Waals surface area contributed by atoms with Crippen molar-refractivity contribution >= 4 is 11.8 Å². The third kappa shape index (κ3) is 3.43. The lowest BCUT2D eigenvalue weighted by molar-refractivity contribution is -0.00551. The van der Waals surface area contributed by atoms with Gasteiger partial charge in [-0.1, -0.05) is 19.1 Å². The van der Waals surface area contributed by atoms with E-state index in [0.717, 1.165) is 16.7 Å². The van der Waals surface area contributed by atoms with Gasteiger partial charge in [-0.3, -0.25) is 4.79 Å². The van der Waals surface area contributed by atoms with Gasteiger partial charge in [0.1, 0.15) is 17.1 Å². The number of hydrogen-bond acceptors (Lipinski definition) is 5. The van der Waals surface area contributed by atoms with E-state index in [1.54, 1.807) is 42.7 Å². The number of hydrogen-bond donors (Lipinski definition) is 2. The third-order valence-electron chi connectivity index (χ3n) is 5.37. The van der Waals surface area contributed by atoms with Gasteiger partial charge in [0, 0.05) is 11.1 Å². The maximum atomic E-state index is 12.6. The minimum Gasteiger partial charge on any atom is -0.484 e. The molecule has 0 saturated heterocycles. The molecule has 0 radical (unpaired) electrons. The number of ketones is 1. The van der Waals surface area contributed by atoms with Gasteiger partial charge in [0.25, 0.3) is 0 Å². The van der Waals surface area contributed by atoms with E-state index in [0.29, 0.717) is 23.5 Å². The molecule has 148 valence electrons. The predicted molar refractivity (Wildman–Crippen MR) is 106 cm³/mol. The molecule has 6 heteroatoms. The summed E-state index contributed by atoms with van der Waals surface area (Å²) in [6.45, 7) is 1.68. The zero-order valence-electron chi connectivity index (χ0n) is 15.8. The number of aromatic carboxylic acids is 1. The molecular formula is C23H20O6. The summed E-state index contributed by atoms with van der Waals surface area (Å²) < 4.78 is 11.6. The topological polar surface area (TPSA) is 97.0 Å². The van der Waals surface area contributed by atoms with Crippen molar-refractivity contribution in [1.82, 2.24) is 0 Å². The fourth-order valence-corrected chi connectivity index (χ4v) is 3.49. The van der Waals surface area contributed by atoms with Crippen molar-refractivity contribution in [3.8, 4) is 28.2 Å². The maximum absolute atomic E-state index is 12.6. The lowest BCUT2D eigenvalue weighted by Crippen LogP contribution is -2.44. The minimum absolute atomic E-state index is 0.0694. The predicted octanol–water partition coefficient (Wildman–Crippen LogP) is 4.42. The van der Waals surface area contributed by atoms with Gasteiger partial charge in [-0.25, -0.2) is 4.79 Å². The summed E-state index contributed by atoms with van der Waals surface area (Å²) in [7, 11) is 0. The van der Waals surface area contributed by atoms with Crippen LogP contribution in [0.2, 0.25) is 0 Å². The highest BCUT2D eigenvalue weighted by Gasteiger charge is 2.38. The van der Waals surface area contributed by atoms with Crippen molar-refractivity contribution in [3.63, 3.8) is 0 Å². The molecular weight excluding hydrogens is 372 g/mol. The molecule has 29 heavy (non-hydrogen) atoms. The highest BCUT2D eigenvalue weighted by Crippen LogP contribution is 2.38. The second kappa shape index (κ2) is 7.22. The maximum Gasteiger partial charge on any atom is 0.335 e. The summed E-state index contributed by atoms with van der Waals surface area (Å²) in [6.07, 6.45) is 2.27. The van der Waals surface area contributed by atoms with Crippen LogP contribution in [-0.4, -0.2) is 34.2 Å². The van der Waals surface area contributed by atoms with Crippen molar-refractivity contribution < 1.29 is 29.0 Å². The molecule has 1 atom stereocenters. The van der Waals surface area contributed by atoms with E-state index in [-0.39, 0.29) is 24.4 Å². The van der Waals surface area contributed by atoms with Crippen molar-refractivity contribution in [2.24, 2.45) is 0 Å². The number of rotatable bonds is 5. The summed E-state index contributed by atoms with van der Waals surface area (Å²) in [5.74, 6) is 0.0167. The Morgan fingerprint density at radius 1 is 1.07 bits per heavy atom. The van der Waals surface area contributed by atoms with Crippen molar-refractivity contribution in [1.29, 1.82) is 0 Å². The number of carboxylic acids is 1. The lowest BCUT2D eigenvalue weighted by atomic mass is 9.88. The van der Waals surface area contributed by atoms with Crippen LogP contribution in [0.15, 0.2) is 59.2 Å². The average Bonchev–Trinajstić information content (AvgIpc) is 3.23. The number of carbonyl (C=O) groups is 2. The number of Topliss-reactive ketones (excluding diaryl/α,β-unsaturated/α-hetero) is 1. The Balaban J connectivity index is 1.63.